The number of rotatable bonds is 2. The van der Waals surface area contributed by atoms with Crippen molar-refractivity contribution in [3.63, 3.8) is 0 Å². The van der Waals surface area contributed by atoms with Crippen LogP contribution in [0.4, 0.5) is 0 Å². The van der Waals surface area contributed by atoms with E-state index in [9.17, 15) is 4.79 Å². The maximum absolute atomic E-state index is 12.5. The van der Waals surface area contributed by atoms with Crippen LogP contribution in [-0.4, -0.2) is 42.0 Å². The zero-order chi connectivity index (χ0) is 16.5. The summed E-state index contributed by atoms with van der Waals surface area (Å²) in [7, 11) is 0. The number of nitrogens with zero attached hydrogens (tertiary/aromatic N) is 1. The molecule has 4 nitrogen and oxygen atoms in total. The first-order chi connectivity index (χ1) is 11.7. The third-order valence-electron chi connectivity index (χ3n) is 4.62. The average Bonchev–Trinajstić information content (AvgIpc) is 3.01. The zero-order valence-corrected chi connectivity index (χ0v) is 13.8. The molecule has 0 radical (unpaired) electrons. The molecule has 0 saturated carbocycles. The van der Waals surface area contributed by atoms with Crippen LogP contribution < -0.4 is 5.32 Å². The van der Waals surface area contributed by atoms with Crippen molar-refractivity contribution in [3.8, 4) is 11.1 Å². The lowest BCUT2D eigenvalue weighted by Gasteiger charge is -2.27. The normalized spacial score (nSPS) is 15.0. The van der Waals surface area contributed by atoms with Crippen LogP contribution in [0.1, 0.15) is 16.1 Å². The number of amides is 1. The molecule has 1 aromatic heterocycles. The zero-order valence-electron chi connectivity index (χ0n) is 13.8. The summed E-state index contributed by atoms with van der Waals surface area (Å²) in [6.45, 7) is 5.38. The van der Waals surface area contributed by atoms with E-state index in [0.717, 1.165) is 42.8 Å². The van der Waals surface area contributed by atoms with Crippen LogP contribution in [0.2, 0.25) is 0 Å². The molecular formula is C20H21N3O. The number of H-pyrrole nitrogens is 1. The predicted octanol–water partition coefficient (Wildman–Crippen LogP) is 3.19. The second-order valence-corrected chi connectivity index (χ2v) is 6.37. The lowest BCUT2D eigenvalue weighted by atomic mass is 10.0. The van der Waals surface area contributed by atoms with Gasteiger partial charge in [0.25, 0.3) is 5.91 Å². The Labute approximate surface area is 141 Å². The molecule has 4 heteroatoms. The van der Waals surface area contributed by atoms with Crippen molar-refractivity contribution in [2.24, 2.45) is 0 Å². The molecule has 2 N–H and O–H groups in total. The standard InChI is InChI=1S/C20H21N3O/c1-14-12-18-13-17(6-7-19(18)22-14)15-2-4-16(5-3-15)20(24)23-10-8-21-9-11-23/h2-7,12-13,21-22H,8-11H2,1H3. The van der Waals surface area contributed by atoms with Crippen LogP contribution in [0.25, 0.3) is 22.0 Å². The van der Waals surface area contributed by atoms with Crippen LogP contribution in [0.5, 0.6) is 0 Å². The number of fused-ring (bicyclic) bond motifs is 1. The summed E-state index contributed by atoms with van der Waals surface area (Å²) in [5.41, 5.74) is 5.38. The first kappa shape index (κ1) is 15.0. The van der Waals surface area contributed by atoms with Gasteiger partial charge in [0.1, 0.15) is 0 Å². The van der Waals surface area contributed by atoms with E-state index in [-0.39, 0.29) is 5.91 Å². The molecule has 3 aromatic rings. The number of nitrogens with one attached hydrogen (secondary N) is 2. The van der Waals surface area contributed by atoms with Crippen LogP contribution in [0.15, 0.2) is 48.5 Å². The van der Waals surface area contributed by atoms with Crippen molar-refractivity contribution >= 4 is 16.8 Å². The monoisotopic (exact) mass is 319 g/mol. The summed E-state index contributed by atoms with van der Waals surface area (Å²) in [6.07, 6.45) is 0. The minimum atomic E-state index is 0.125. The lowest BCUT2D eigenvalue weighted by Crippen LogP contribution is -2.46. The fraction of sp³-hybridized carbons (Fsp3) is 0.250. The minimum absolute atomic E-state index is 0.125. The number of hydrogen-bond donors (Lipinski definition) is 2. The highest BCUT2D eigenvalue weighted by Crippen LogP contribution is 2.25. The molecule has 0 atom stereocenters. The molecule has 1 saturated heterocycles. The Balaban J connectivity index is 1.58. The van der Waals surface area contributed by atoms with Crippen LogP contribution in [-0.2, 0) is 0 Å². The SMILES string of the molecule is Cc1cc2cc(-c3ccc(C(=O)N4CCNCC4)cc3)ccc2[nH]1. The quantitative estimate of drug-likeness (QED) is 0.762. The Bertz CT molecular complexity index is 874. The van der Waals surface area contributed by atoms with Gasteiger partial charge in [-0.3, -0.25) is 4.79 Å². The van der Waals surface area contributed by atoms with E-state index in [1.165, 1.54) is 16.6 Å². The van der Waals surface area contributed by atoms with E-state index in [1.54, 1.807) is 0 Å². The number of hydrogen-bond acceptors (Lipinski definition) is 2. The van der Waals surface area contributed by atoms with Crippen molar-refractivity contribution < 1.29 is 4.79 Å². The fourth-order valence-electron chi connectivity index (χ4n) is 3.31. The third-order valence-corrected chi connectivity index (χ3v) is 4.62. The smallest absolute Gasteiger partial charge is 0.253 e. The van der Waals surface area contributed by atoms with E-state index in [1.807, 2.05) is 29.2 Å². The van der Waals surface area contributed by atoms with E-state index in [0.29, 0.717) is 0 Å². The number of piperazine rings is 1. The fourth-order valence-corrected chi connectivity index (χ4v) is 3.31. The molecule has 1 aliphatic rings. The predicted molar refractivity (Wildman–Crippen MR) is 97.2 cm³/mol. The second kappa shape index (κ2) is 6.13. The van der Waals surface area contributed by atoms with Gasteiger partial charge in [-0.05, 0) is 48.4 Å². The molecule has 1 amide bonds. The second-order valence-electron chi connectivity index (χ2n) is 6.37. The van der Waals surface area contributed by atoms with Crippen molar-refractivity contribution in [2.75, 3.05) is 26.2 Å². The van der Waals surface area contributed by atoms with Gasteiger partial charge in [0.2, 0.25) is 0 Å². The van der Waals surface area contributed by atoms with Gasteiger partial charge < -0.3 is 15.2 Å². The van der Waals surface area contributed by atoms with Gasteiger partial charge in [0.05, 0.1) is 0 Å². The van der Waals surface area contributed by atoms with E-state index >= 15 is 0 Å². The third kappa shape index (κ3) is 2.81. The van der Waals surface area contributed by atoms with E-state index < -0.39 is 0 Å². The molecule has 0 spiro atoms. The highest BCUT2D eigenvalue weighted by molar-refractivity contribution is 5.95. The topological polar surface area (TPSA) is 48.1 Å². The van der Waals surface area contributed by atoms with Crippen molar-refractivity contribution in [3.05, 3.63) is 59.8 Å². The number of carbonyl (C=O) groups is 1. The molecule has 1 fully saturated rings. The Kier molecular flexibility index (Phi) is 3.82. The molecule has 0 aliphatic carbocycles. The summed E-state index contributed by atoms with van der Waals surface area (Å²) < 4.78 is 0. The molecule has 1 aliphatic heterocycles. The maximum Gasteiger partial charge on any atom is 0.253 e. The Morgan fingerprint density at radius 3 is 2.42 bits per heavy atom. The van der Waals surface area contributed by atoms with Gasteiger partial charge in [0, 0.05) is 48.3 Å². The number of benzene rings is 2. The summed E-state index contributed by atoms with van der Waals surface area (Å²) in [4.78, 5) is 17.8. The molecule has 0 bridgehead atoms. The number of aromatic amines is 1. The van der Waals surface area contributed by atoms with E-state index in [2.05, 4.69) is 41.5 Å². The van der Waals surface area contributed by atoms with Crippen LogP contribution >= 0.6 is 0 Å². The van der Waals surface area contributed by atoms with Crippen molar-refractivity contribution in [1.29, 1.82) is 0 Å². The molecular weight excluding hydrogens is 298 g/mol. The van der Waals surface area contributed by atoms with Gasteiger partial charge in [-0.2, -0.15) is 0 Å². The van der Waals surface area contributed by atoms with Crippen LogP contribution in [0, 0.1) is 6.92 Å². The number of aromatic nitrogens is 1. The Hall–Kier alpha value is -2.59. The van der Waals surface area contributed by atoms with Gasteiger partial charge in [0.15, 0.2) is 0 Å². The molecule has 2 aromatic carbocycles. The number of carbonyl (C=O) groups excluding carboxylic acids is 1. The first-order valence-electron chi connectivity index (χ1n) is 8.40. The largest absolute Gasteiger partial charge is 0.359 e. The van der Waals surface area contributed by atoms with Crippen molar-refractivity contribution in [1.82, 2.24) is 15.2 Å². The Morgan fingerprint density at radius 2 is 1.67 bits per heavy atom. The highest BCUT2D eigenvalue weighted by atomic mass is 16.2. The van der Waals surface area contributed by atoms with Crippen molar-refractivity contribution in [2.45, 2.75) is 6.92 Å². The van der Waals surface area contributed by atoms with Gasteiger partial charge in [-0.15, -0.1) is 0 Å². The first-order valence-corrected chi connectivity index (χ1v) is 8.40. The molecule has 122 valence electrons. The highest BCUT2D eigenvalue weighted by Gasteiger charge is 2.17. The molecule has 24 heavy (non-hydrogen) atoms. The van der Waals surface area contributed by atoms with E-state index in [4.69, 9.17) is 0 Å². The number of aryl methyl sites for hydroxylation is 1. The molecule has 0 unspecified atom stereocenters. The van der Waals surface area contributed by atoms with Crippen LogP contribution in [0.3, 0.4) is 0 Å². The lowest BCUT2D eigenvalue weighted by molar-refractivity contribution is 0.0736. The average molecular weight is 319 g/mol. The van der Waals surface area contributed by atoms with Gasteiger partial charge >= 0.3 is 0 Å². The molecule has 2 heterocycles. The minimum Gasteiger partial charge on any atom is -0.359 e. The molecule has 4 rings (SSSR count). The summed E-state index contributed by atoms with van der Waals surface area (Å²) in [5, 5.41) is 4.49. The maximum atomic E-state index is 12.5. The summed E-state index contributed by atoms with van der Waals surface area (Å²) in [6, 6.07) is 16.5. The summed E-state index contributed by atoms with van der Waals surface area (Å²) in [5.74, 6) is 0.125. The summed E-state index contributed by atoms with van der Waals surface area (Å²) >= 11 is 0. The van der Waals surface area contributed by atoms with Gasteiger partial charge in [-0.25, -0.2) is 0 Å². The Morgan fingerprint density at radius 1 is 0.958 bits per heavy atom. The van der Waals surface area contributed by atoms with Gasteiger partial charge in [-0.1, -0.05) is 18.2 Å².